The van der Waals surface area contributed by atoms with Crippen LogP contribution in [0.25, 0.3) is 0 Å². The first kappa shape index (κ1) is 19.7. The van der Waals surface area contributed by atoms with Crippen LogP contribution in [0.15, 0.2) is 29.6 Å². The highest BCUT2D eigenvalue weighted by Gasteiger charge is 2.23. The summed E-state index contributed by atoms with van der Waals surface area (Å²) in [6.45, 7) is 11.6. The van der Waals surface area contributed by atoms with Crippen LogP contribution in [-0.4, -0.2) is 42.1 Å². The topological polar surface area (TPSA) is 48.5 Å². The minimum Gasteiger partial charge on any atom is -0.345 e. The Morgan fingerprint density at radius 3 is 2.37 bits per heavy atom. The lowest BCUT2D eigenvalue weighted by Gasteiger charge is -2.35. The van der Waals surface area contributed by atoms with Gasteiger partial charge in [0, 0.05) is 31.6 Å². The van der Waals surface area contributed by atoms with Gasteiger partial charge < -0.3 is 15.1 Å². The molecule has 1 aliphatic heterocycles. The number of carbonyl (C=O) groups is 1. The molecule has 0 radical (unpaired) electrons. The van der Waals surface area contributed by atoms with Crippen molar-refractivity contribution in [3.05, 3.63) is 46.5 Å². The van der Waals surface area contributed by atoms with Crippen LogP contribution in [-0.2, 0) is 6.42 Å². The van der Waals surface area contributed by atoms with Crippen LogP contribution in [0.5, 0.6) is 0 Å². The largest absolute Gasteiger partial charge is 0.345 e. The SMILES string of the molecule is Cc1csc(N2CCN(C(=O)NC(C)c3ccc(CC(C)C)cc3)CC2)n1. The average molecular weight is 387 g/mol. The molecule has 1 fully saturated rings. The first-order chi connectivity index (χ1) is 12.9. The van der Waals surface area contributed by atoms with Crippen molar-refractivity contribution < 1.29 is 4.79 Å². The van der Waals surface area contributed by atoms with Gasteiger partial charge >= 0.3 is 6.03 Å². The maximum atomic E-state index is 12.6. The van der Waals surface area contributed by atoms with Crippen molar-refractivity contribution in [1.29, 1.82) is 0 Å². The zero-order valence-corrected chi connectivity index (χ0v) is 17.6. The van der Waals surface area contributed by atoms with E-state index < -0.39 is 0 Å². The van der Waals surface area contributed by atoms with Crippen LogP contribution in [0.2, 0.25) is 0 Å². The molecule has 1 aliphatic rings. The van der Waals surface area contributed by atoms with E-state index in [1.165, 1.54) is 5.56 Å². The average Bonchev–Trinajstić information content (AvgIpc) is 3.08. The van der Waals surface area contributed by atoms with E-state index in [9.17, 15) is 4.79 Å². The van der Waals surface area contributed by atoms with Gasteiger partial charge in [0.05, 0.1) is 11.7 Å². The summed E-state index contributed by atoms with van der Waals surface area (Å²) in [6, 6.07) is 8.63. The van der Waals surface area contributed by atoms with E-state index in [1.54, 1.807) is 11.3 Å². The molecule has 2 aromatic rings. The van der Waals surface area contributed by atoms with Crippen LogP contribution < -0.4 is 10.2 Å². The van der Waals surface area contributed by atoms with E-state index in [2.05, 4.69) is 58.7 Å². The van der Waals surface area contributed by atoms with Crippen molar-refractivity contribution in [3.63, 3.8) is 0 Å². The van der Waals surface area contributed by atoms with Gasteiger partial charge in [0.15, 0.2) is 5.13 Å². The summed E-state index contributed by atoms with van der Waals surface area (Å²) in [4.78, 5) is 21.3. The third-order valence-corrected chi connectivity index (χ3v) is 5.93. The molecule has 146 valence electrons. The van der Waals surface area contributed by atoms with Gasteiger partial charge in [0.2, 0.25) is 0 Å². The van der Waals surface area contributed by atoms with Crippen molar-refractivity contribution in [2.45, 2.75) is 40.2 Å². The molecule has 27 heavy (non-hydrogen) atoms. The number of anilines is 1. The van der Waals surface area contributed by atoms with Gasteiger partial charge in [-0.3, -0.25) is 0 Å². The summed E-state index contributed by atoms with van der Waals surface area (Å²) >= 11 is 1.67. The van der Waals surface area contributed by atoms with Crippen LogP contribution in [0.3, 0.4) is 0 Å². The standard InChI is InChI=1S/C21H30N4OS/c1-15(2)13-18-5-7-19(8-6-18)17(4)23-20(26)24-9-11-25(12-10-24)21-22-16(3)14-27-21/h5-8,14-15,17H,9-13H2,1-4H3,(H,23,26). The Hall–Kier alpha value is -2.08. The second-order valence-electron chi connectivity index (χ2n) is 7.76. The first-order valence-corrected chi connectivity index (χ1v) is 10.6. The lowest BCUT2D eigenvalue weighted by molar-refractivity contribution is 0.191. The summed E-state index contributed by atoms with van der Waals surface area (Å²) in [6.07, 6.45) is 1.09. The number of nitrogens with zero attached hydrogens (tertiary/aromatic N) is 3. The van der Waals surface area contributed by atoms with Gasteiger partial charge in [-0.1, -0.05) is 38.1 Å². The van der Waals surface area contributed by atoms with Crippen LogP contribution in [0, 0.1) is 12.8 Å². The van der Waals surface area contributed by atoms with Gasteiger partial charge in [0.25, 0.3) is 0 Å². The van der Waals surface area contributed by atoms with Crippen LogP contribution in [0.1, 0.15) is 43.6 Å². The number of aromatic nitrogens is 1. The number of benzene rings is 1. The molecule has 0 saturated carbocycles. The fraction of sp³-hybridized carbons (Fsp3) is 0.524. The maximum absolute atomic E-state index is 12.6. The molecular weight excluding hydrogens is 356 g/mol. The lowest BCUT2D eigenvalue weighted by Crippen LogP contribution is -2.52. The zero-order chi connectivity index (χ0) is 19.4. The molecule has 1 unspecified atom stereocenters. The number of amides is 2. The van der Waals surface area contributed by atoms with E-state index in [0.29, 0.717) is 5.92 Å². The minimum absolute atomic E-state index is 0.00485. The molecule has 1 aromatic heterocycles. The molecule has 0 spiro atoms. The van der Waals surface area contributed by atoms with Gasteiger partial charge in [0.1, 0.15) is 0 Å². The normalized spacial score (nSPS) is 15.9. The predicted octanol–water partition coefficient (Wildman–Crippen LogP) is 4.24. The molecular formula is C21H30N4OS. The number of aryl methyl sites for hydroxylation is 1. The molecule has 5 nitrogen and oxygen atoms in total. The Labute approximate surface area is 166 Å². The zero-order valence-electron chi connectivity index (χ0n) is 16.7. The molecule has 1 atom stereocenters. The fourth-order valence-electron chi connectivity index (χ4n) is 3.36. The highest BCUT2D eigenvalue weighted by Crippen LogP contribution is 2.22. The van der Waals surface area contributed by atoms with Gasteiger partial charge in [-0.2, -0.15) is 0 Å². The summed E-state index contributed by atoms with van der Waals surface area (Å²) in [5, 5.41) is 6.27. The second kappa shape index (κ2) is 8.74. The van der Waals surface area contributed by atoms with E-state index in [1.807, 2.05) is 18.7 Å². The molecule has 3 rings (SSSR count). The molecule has 2 amide bonds. The van der Waals surface area contributed by atoms with Gasteiger partial charge in [-0.15, -0.1) is 11.3 Å². The molecule has 1 N–H and O–H groups in total. The van der Waals surface area contributed by atoms with Crippen LogP contribution >= 0.6 is 11.3 Å². The Bertz CT molecular complexity index is 748. The summed E-state index contributed by atoms with van der Waals surface area (Å²) in [7, 11) is 0. The quantitative estimate of drug-likeness (QED) is 0.836. The molecule has 1 aromatic carbocycles. The van der Waals surface area contributed by atoms with E-state index >= 15 is 0 Å². The number of thiazole rings is 1. The molecule has 1 saturated heterocycles. The van der Waals surface area contributed by atoms with Crippen molar-refractivity contribution in [2.75, 3.05) is 31.1 Å². The molecule has 0 aliphatic carbocycles. The number of hydrogen-bond donors (Lipinski definition) is 1. The maximum Gasteiger partial charge on any atom is 0.317 e. The first-order valence-electron chi connectivity index (χ1n) is 9.73. The number of piperazine rings is 1. The van der Waals surface area contributed by atoms with Crippen molar-refractivity contribution in [2.24, 2.45) is 5.92 Å². The summed E-state index contributed by atoms with van der Waals surface area (Å²) < 4.78 is 0. The lowest BCUT2D eigenvalue weighted by atomic mass is 10.00. The summed E-state index contributed by atoms with van der Waals surface area (Å²) in [5.74, 6) is 0.653. The Kier molecular flexibility index (Phi) is 6.37. The number of rotatable bonds is 5. The van der Waals surface area contributed by atoms with Crippen molar-refractivity contribution in [3.8, 4) is 0 Å². The summed E-state index contributed by atoms with van der Waals surface area (Å²) in [5.41, 5.74) is 3.55. The van der Waals surface area contributed by atoms with E-state index in [0.717, 1.165) is 49.0 Å². The molecule has 0 bridgehead atoms. The number of hydrogen-bond acceptors (Lipinski definition) is 4. The van der Waals surface area contributed by atoms with E-state index in [-0.39, 0.29) is 12.1 Å². The van der Waals surface area contributed by atoms with Crippen molar-refractivity contribution >= 4 is 22.5 Å². The molecule has 6 heteroatoms. The number of urea groups is 1. The highest BCUT2D eigenvalue weighted by molar-refractivity contribution is 7.13. The Balaban J connectivity index is 1.50. The Morgan fingerprint density at radius 2 is 1.81 bits per heavy atom. The second-order valence-corrected chi connectivity index (χ2v) is 8.59. The van der Waals surface area contributed by atoms with E-state index in [4.69, 9.17) is 0 Å². The highest BCUT2D eigenvalue weighted by atomic mass is 32.1. The van der Waals surface area contributed by atoms with Gasteiger partial charge in [-0.05, 0) is 37.3 Å². The third-order valence-electron chi connectivity index (χ3n) is 4.91. The monoisotopic (exact) mass is 386 g/mol. The predicted molar refractivity (Wildman–Crippen MR) is 113 cm³/mol. The van der Waals surface area contributed by atoms with Crippen molar-refractivity contribution in [1.82, 2.24) is 15.2 Å². The third kappa shape index (κ3) is 5.22. The minimum atomic E-state index is 0.00485. The number of nitrogens with one attached hydrogen (secondary N) is 1. The van der Waals surface area contributed by atoms with Gasteiger partial charge in [-0.25, -0.2) is 9.78 Å². The van der Waals surface area contributed by atoms with Crippen LogP contribution in [0.4, 0.5) is 9.93 Å². The number of carbonyl (C=O) groups excluding carboxylic acids is 1. The fourth-order valence-corrected chi connectivity index (χ4v) is 4.22. The smallest absolute Gasteiger partial charge is 0.317 e. The molecule has 2 heterocycles. The Morgan fingerprint density at radius 1 is 1.15 bits per heavy atom.